The zero-order chi connectivity index (χ0) is 10.7. The molecule has 3 nitrogen and oxygen atoms in total. The minimum absolute atomic E-state index is 0.125. The van der Waals surface area contributed by atoms with Gasteiger partial charge in [-0.2, -0.15) is 0 Å². The predicted molar refractivity (Wildman–Crippen MR) is 58.7 cm³/mol. The highest BCUT2D eigenvalue weighted by molar-refractivity contribution is 5.28. The molecule has 2 unspecified atom stereocenters. The van der Waals surface area contributed by atoms with Crippen LogP contribution in [0.1, 0.15) is 17.2 Å². The number of aliphatic hydroxyl groups is 1. The van der Waals surface area contributed by atoms with Gasteiger partial charge in [-0.3, -0.25) is 0 Å². The van der Waals surface area contributed by atoms with Crippen molar-refractivity contribution in [1.29, 1.82) is 0 Å². The average Bonchev–Trinajstić information content (AvgIpc) is 2.30. The molecule has 1 aliphatic heterocycles. The van der Waals surface area contributed by atoms with Crippen LogP contribution in [0.2, 0.25) is 0 Å². The first-order chi connectivity index (χ1) is 7.29. The molecular weight excluding hydrogens is 190 g/mol. The molecule has 1 aliphatic rings. The second kappa shape index (κ2) is 4.75. The number of rotatable bonds is 2. The van der Waals surface area contributed by atoms with Gasteiger partial charge in [0.05, 0.1) is 12.7 Å². The molecular formula is C12H17NO2. The average molecular weight is 207 g/mol. The fraction of sp³-hybridized carbons (Fsp3) is 0.500. The van der Waals surface area contributed by atoms with Crippen molar-refractivity contribution in [3.63, 3.8) is 0 Å². The van der Waals surface area contributed by atoms with Gasteiger partial charge < -0.3 is 15.2 Å². The van der Waals surface area contributed by atoms with E-state index in [2.05, 4.69) is 5.32 Å². The van der Waals surface area contributed by atoms with Crippen LogP contribution < -0.4 is 5.32 Å². The van der Waals surface area contributed by atoms with Gasteiger partial charge in [0, 0.05) is 13.1 Å². The summed E-state index contributed by atoms with van der Waals surface area (Å²) in [6.45, 7) is 4.27. The topological polar surface area (TPSA) is 41.5 Å². The Balaban J connectivity index is 2.12. The van der Waals surface area contributed by atoms with Gasteiger partial charge in [-0.15, -0.1) is 0 Å². The quantitative estimate of drug-likeness (QED) is 0.760. The first kappa shape index (κ1) is 10.6. The predicted octanol–water partition coefficient (Wildman–Crippen LogP) is 1.02. The van der Waals surface area contributed by atoms with E-state index in [4.69, 9.17) is 4.74 Å². The summed E-state index contributed by atoms with van der Waals surface area (Å²) in [5, 5.41) is 13.4. The van der Waals surface area contributed by atoms with Crippen molar-refractivity contribution in [3.8, 4) is 0 Å². The Hall–Kier alpha value is -0.900. The molecule has 0 radical (unpaired) electrons. The molecule has 0 aliphatic carbocycles. The summed E-state index contributed by atoms with van der Waals surface area (Å²) in [4.78, 5) is 0. The first-order valence-corrected chi connectivity index (χ1v) is 5.35. The van der Waals surface area contributed by atoms with E-state index >= 15 is 0 Å². The van der Waals surface area contributed by atoms with Crippen LogP contribution in [0.5, 0.6) is 0 Å². The van der Waals surface area contributed by atoms with Crippen LogP contribution in [0.3, 0.4) is 0 Å². The molecule has 0 bridgehead atoms. The van der Waals surface area contributed by atoms with Gasteiger partial charge in [0.25, 0.3) is 0 Å². The van der Waals surface area contributed by atoms with Crippen molar-refractivity contribution in [3.05, 3.63) is 35.4 Å². The Morgan fingerprint density at radius 3 is 2.93 bits per heavy atom. The second-order valence-corrected chi connectivity index (χ2v) is 3.91. The fourth-order valence-electron chi connectivity index (χ4n) is 1.91. The third kappa shape index (κ3) is 2.37. The molecule has 1 fully saturated rings. The van der Waals surface area contributed by atoms with E-state index in [1.165, 1.54) is 0 Å². The number of aliphatic hydroxyl groups excluding tert-OH is 1. The largest absolute Gasteiger partial charge is 0.386 e. The Kier molecular flexibility index (Phi) is 3.36. The lowest BCUT2D eigenvalue weighted by Gasteiger charge is -2.28. The van der Waals surface area contributed by atoms with Gasteiger partial charge >= 0.3 is 0 Å². The van der Waals surface area contributed by atoms with E-state index in [0.29, 0.717) is 6.61 Å². The molecule has 0 spiro atoms. The number of hydrogen-bond acceptors (Lipinski definition) is 3. The normalized spacial score (nSPS) is 23.7. The summed E-state index contributed by atoms with van der Waals surface area (Å²) < 4.78 is 5.54. The summed E-state index contributed by atoms with van der Waals surface area (Å²) in [6, 6.07) is 7.89. The van der Waals surface area contributed by atoms with Crippen LogP contribution >= 0.6 is 0 Å². The number of benzene rings is 1. The van der Waals surface area contributed by atoms with E-state index in [0.717, 1.165) is 24.2 Å². The summed E-state index contributed by atoms with van der Waals surface area (Å²) in [6.07, 6.45) is -0.654. The third-order valence-electron chi connectivity index (χ3n) is 2.82. The van der Waals surface area contributed by atoms with Crippen molar-refractivity contribution in [2.75, 3.05) is 19.7 Å². The molecule has 82 valence electrons. The number of nitrogens with one attached hydrogen (secondary N) is 1. The summed E-state index contributed by atoms with van der Waals surface area (Å²) in [5.41, 5.74) is 2.07. The third-order valence-corrected chi connectivity index (χ3v) is 2.82. The van der Waals surface area contributed by atoms with Gasteiger partial charge in [-0.1, -0.05) is 24.3 Å². The number of ether oxygens (including phenoxy) is 1. The van der Waals surface area contributed by atoms with E-state index in [1.54, 1.807) is 0 Å². The Bertz CT molecular complexity index is 321. The highest BCUT2D eigenvalue weighted by Crippen LogP contribution is 2.22. The molecule has 0 saturated carbocycles. The van der Waals surface area contributed by atoms with Gasteiger partial charge in [0.2, 0.25) is 0 Å². The molecule has 1 aromatic rings. The summed E-state index contributed by atoms with van der Waals surface area (Å²) in [7, 11) is 0. The molecule has 3 heteroatoms. The van der Waals surface area contributed by atoms with Crippen LogP contribution in [0.25, 0.3) is 0 Å². The molecule has 2 atom stereocenters. The monoisotopic (exact) mass is 207 g/mol. The molecule has 0 aromatic heterocycles. The first-order valence-electron chi connectivity index (χ1n) is 5.35. The Labute approximate surface area is 90.1 Å². The van der Waals surface area contributed by atoms with Gasteiger partial charge in [-0.25, -0.2) is 0 Å². The highest BCUT2D eigenvalue weighted by Gasteiger charge is 2.24. The zero-order valence-electron chi connectivity index (χ0n) is 8.94. The number of morpholine rings is 1. The summed E-state index contributed by atoms with van der Waals surface area (Å²) in [5.74, 6) is 0. The SMILES string of the molecule is Cc1ccccc1C(O)C1CNCCO1. The number of hydrogen-bond donors (Lipinski definition) is 2. The van der Waals surface area contributed by atoms with Crippen molar-refractivity contribution in [2.45, 2.75) is 19.1 Å². The molecule has 1 saturated heterocycles. The smallest absolute Gasteiger partial charge is 0.107 e. The van der Waals surface area contributed by atoms with Crippen molar-refractivity contribution >= 4 is 0 Å². The Morgan fingerprint density at radius 2 is 2.27 bits per heavy atom. The van der Waals surface area contributed by atoms with Crippen LogP contribution in [0.15, 0.2) is 24.3 Å². The lowest BCUT2D eigenvalue weighted by molar-refractivity contribution is -0.0538. The molecule has 2 N–H and O–H groups in total. The van der Waals surface area contributed by atoms with Gasteiger partial charge in [0.1, 0.15) is 6.10 Å². The fourth-order valence-corrected chi connectivity index (χ4v) is 1.91. The molecule has 2 rings (SSSR count). The van der Waals surface area contributed by atoms with E-state index < -0.39 is 6.10 Å². The maximum absolute atomic E-state index is 10.2. The van der Waals surface area contributed by atoms with Gasteiger partial charge in [-0.05, 0) is 18.1 Å². The lowest BCUT2D eigenvalue weighted by Crippen LogP contribution is -2.42. The minimum atomic E-state index is -0.529. The maximum atomic E-state index is 10.2. The van der Waals surface area contributed by atoms with Crippen molar-refractivity contribution < 1.29 is 9.84 Å². The van der Waals surface area contributed by atoms with E-state index in [1.807, 2.05) is 31.2 Å². The van der Waals surface area contributed by atoms with Crippen LogP contribution in [0, 0.1) is 6.92 Å². The maximum Gasteiger partial charge on any atom is 0.107 e. The molecule has 0 amide bonds. The van der Waals surface area contributed by atoms with Crippen molar-refractivity contribution in [1.82, 2.24) is 5.32 Å². The Morgan fingerprint density at radius 1 is 1.47 bits per heavy atom. The second-order valence-electron chi connectivity index (χ2n) is 3.91. The number of aryl methyl sites for hydroxylation is 1. The molecule has 15 heavy (non-hydrogen) atoms. The highest BCUT2D eigenvalue weighted by atomic mass is 16.5. The van der Waals surface area contributed by atoms with Crippen LogP contribution in [-0.2, 0) is 4.74 Å². The summed E-state index contributed by atoms with van der Waals surface area (Å²) >= 11 is 0. The van der Waals surface area contributed by atoms with Gasteiger partial charge in [0.15, 0.2) is 0 Å². The van der Waals surface area contributed by atoms with Crippen LogP contribution in [-0.4, -0.2) is 30.9 Å². The van der Waals surface area contributed by atoms with E-state index in [9.17, 15) is 5.11 Å². The zero-order valence-corrected chi connectivity index (χ0v) is 8.94. The molecule has 1 heterocycles. The molecule has 1 aromatic carbocycles. The van der Waals surface area contributed by atoms with Crippen LogP contribution in [0.4, 0.5) is 0 Å². The van der Waals surface area contributed by atoms with Crippen molar-refractivity contribution in [2.24, 2.45) is 0 Å². The minimum Gasteiger partial charge on any atom is -0.386 e. The van der Waals surface area contributed by atoms with E-state index in [-0.39, 0.29) is 6.10 Å². The standard InChI is InChI=1S/C12H17NO2/c1-9-4-2-3-5-10(9)12(14)11-8-13-6-7-15-11/h2-5,11-14H,6-8H2,1H3. The lowest BCUT2D eigenvalue weighted by atomic mass is 9.99.